The number of hydrogen-bond acceptors (Lipinski definition) is 5. The molecular formula is C20H19NO5. The van der Waals surface area contributed by atoms with Crippen molar-refractivity contribution in [1.29, 1.82) is 0 Å². The van der Waals surface area contributed by atoms with E-state index < -0.39 is 36.2 Å². The van der Waals surface area contributed by atoms with Crippen molar-refractivity contribution in [3.63, 3.8) is 0 Å². The predicted molar refractivity (Wildman–Crippen MR) is 96.0 cm³/mol. The van der Waals surface area contributed by atoms with Crippen molar-refractivity contribution in [2.45, 2.75) is 25.2 Å². The van der Waals surface area contributed by atoms with Crippen LogP contribution in [0.15, 0.2) is 23.8 Å². The van der Waals surface area contributed by atoms with Gasteiger partial charge in [0.2, 0.25) is 0 Å². The number of aliphatic hydroxyl groups is 2. The van der Waals surface area contributed by atoms with E-state index >= 15 is 0 Å². The lowest BCUT2D eigenvalue weighted by atomic mass is 9.67. The summed E-state index contributed by atoms with van der Waals surface area (Å²) in [6, 6.07) is 3.61. The van der Waals surface area contributed by atoms with Crippen LogP contribution in [-0.4, -0.2) is 46.8 Å². The molecule has 0 spiro atoms. The molecular weight excluding hydrogens is 334 g/mol. The lowest BCUT2D eigenvalue weighted by Gasteiger charge is -2.46. The zero-order chi connectivity index (χ0) is 19.2. The first-order valence-electron chi connectivity index (χ1n) is 8.10. The lowest BCUT2D eigenvalue weighted by molar-refractivity contribution is -0.0210. The van der Waals surface area contributed by atoms with Crippen molar-refractivity contribution in [2.75, 3.05) is 12.0 Å². The van der Waals surface area contributed by atoms with Crippen molar-refractivity contribution in [1.82, 2.24) is 0 Å². The van der Waals surface area contributed by atoms with E-state index in [-0.39, 0.29) is 5.75 Å². The number of rotatable bonds is 0. The first-order valence-corrected chi connectivity index (χ1v) is 8.10. The second kappa shape index (κ2) is 6.42. The van der Waals surface area contributed by atoms with Gasteiger partial charge in [0, 0.05) is 11.5 Å². The van der Waals surface area contributed by atoms with Crippen LogP contribution in [0, 0.1) is 36.5 Å². The van der Waals surface area contributed by atoms with E-state index in [1.54, 1.807) is 13.0 Å². The van der Waals surface area contributed by atoms with E-state index in [1.165, 1.54) is 24.1 Å². The fourth-order valence-electron chi connectivity index (χ4n) is 3.87. The quantitative estimate of drug-likeness (QED) is 0.613. The zero-order valence-electron chi connectivity index (χ0n) is 14.4. The summed E-state index contributed by atoms with van der Waals surface area (Å²) in [5.41, 5.74) is 2.04. The Labute approximate surface area is 151 Å². The minimum absolute atomic E-state index is 0.0244. The summed E-state index contributed by atoms with van der Waals surface area (Å²) in [5, 5.41) is 30.9. The minimum Gasteiger partial charge on any atom is -0.508 e. The molecule has 1 aromatic carbocycles. The van der Waals surface area contributed by atoms with Gasteiger partial charge in [-0.2, -0.15) is 0 Å². The second-order valence-electron chi connectivity index (χ2n) is 6.39. The molecule has 2 aliphatic rings. The molecule has 26 heavy (non-hydrogen) atoms. The van der Waals surface area contributed by atoms with Crippen LogP contribution in [0.1, 0.15) is 12.5 Å². The summed E-state index contributed by atoms with van der Waals surface area (Å²) in [7, 11) is 1.24. The molecule has 1 amide bonds. The Kier molecular flexibility index (Phi) is 4.41. The topological polar surface area (TPSA) is 90.2 Å². The molecule has 1 heterocycles. The summed E-state index contributed by atoms with van der Waals surface area (Å²) < 4.78 is 4.88. The maximum Gasteiger partial charge on any atom is 0.415 e. The van der Waals surface area contributed by atoms with E-state index in [0.29, 0.717) is 22.4 Å². The van der Waals surface area contributed by atoms with Crippen molar-refractivity contribution in [2.24, 2.45) is 11.8 Å². The molecule has 0 aromatic heterocycles. The van der Waals surface area contributed by atoms with E-state index in [2.05, 4.69) is 11.8 Å². The molecule has 0 radical (unpaired) electrons. The summed E-state index contributed by atoms with van der Waals surface area (Å²) in [6.45, 7) is 1.71. The van der Waals surface area contributed by atoms with Gasteiger partial charge in [0.1, 0.15) is 11.8 Å². The molecule has 0 unspecified atom stereocenters. The number of nitrogens with zero attached hydrogens (tertiary/aromatic N) is 1. The van der Waals surface area contributed by atoms with Crippen molar-refractivity contribution < 1.29 is 24.9 Å². The Balaban J connectivity index is 2.39. The largest absolute Gasteiger partial charge is 0.508 e. The number of aromatic hydroxyl groups is 1. The summed E-state index contributed by atoms with van der Waals surface area (Å²) >= 11 is 0. The van der Waals surface area contributed by atoms with Gasteiger partial charge in [-0.1, -0.05) is 18.8 Å². The van der Waals surface area contributed by atoms with Gasteiger partial charge in [-0.15, -0.1) is 12.8 Å². The van der Waals surface area contributed by atoms with Crippen LogP contribution < -0.4 is 4.90 Å². The SMILES string of the molecule is C#C[C@H]1C2=C([C@@H](C)[C@H](O)[C@@H]1O)[C@H](C#C)N(C(=O)OC)c1ccc(O)cc12. The summed E-state index contributed by atoms with van der Waals surface area (Å²) in [5.74, 6) is 3.69. The maximum absolute atomic E-state index is 12.4. The molecule has 3 N–H and O–H groups in total. The average Bonchev–Trinajstić information content (AvgIpc) is 2.64. The van der Waals surface area contributed by atoms with Gasteiger partial charge in [0.05, 0.1) is 30.9 Å². The molecule has 1 aromatic rings. The van der Waals surface area contributed by atoms with E-state index in [0.717, 1.165) is 0 Å². The van der Waals surface area contributed by atoms with Crippen LogP contribution in [0.3, 0.4) is 0 Å². The van der Waals surface area contributed by atoms with Crippen LogP contribution in [0.4, 0.5) is 10.5 Å². The van der Waals surface area contributed by atoms with Crippen molar-refractivity contribution >= 4 is 17.4 Å². The molecule has 0 bridgehead atoms. The van der Waals surface area contributed by atoms with E-state index in [9.17, 15) is 20.1 Å². The Bertz CT molecular complexity index is 875. The highest BCUT2D eigenvalue weighted by Gasteiger charge is 2.48. The molecule has 3 rings (SSSR count). The molecule has 5 atom stereocenters. The van der Waals surface area contributed by atoms with Crippen molar-refractivity contribution in [3.05, 3.63) is 29.3 Å². The number of amides is 1. The molecule has 134 valence electrons. The zero-order valence-corrected chi connectivity index (χ0v) is 14.4. The minimum atomic E-state index is -1.19. The molecule has 6 nitrogen and oxygen atoms in total. The molecule has 0 fully saturated rings. The number of hydrogen-bond donors (Lipinski definition) is 3. The monoisotopic (exact) mass is 353 g/mol. The summed E-state index contributed by atoms with van der Waals surface area (Å²) in [4.78, 5) is 13.7. The number of methoxy groups -OCH3 is 1. The van der Waals surface area contributed by atoms with E-state index in [1.807, 2.05) is 0 Å². The third kappa shape index (κ3) is 2.35. The number of aliphatic hydroxyl groups excluding tert-OH is 2. The van der Waals surface area contributed by atoms with Crippen molar-refractivity contribution in [3.8, 4) is 30.4 Å². The van der Waals surface area contributed by atoms with Gasteiger partial charge in [0.25, 0.3) is 0 Å². The van der Waals surface area contributed by atoms with Crippen LogP contribution in [0.2, 0.25) is 0 Å². The van der Waals surface area contributed by atoms with Gasteiger partial charge in [-0.25, -0.2) is 4.79 Å². The first kappa shape index (κ1) is 17.9. The number of phenolic OH excluding ortho intramolecular Hbond substituents is 1. The average molecular weight is 353 g/mol. The molecule has 6 heteroatoms. The predicted octanol–water partition coefficient (Wildman–Crippen LogP) is 1.35. The maximum atomic E-state index is 12.4. The number of fused-ring (bicyclic) bond motifs is 2. The smallest absolute Gasteiger partial charge is 0.415 e. The number of carbonyl (C=O) groups excluding carboxylic acids is 1. The molecule has 1 aliphatic heterocycles. The second-order valence-corrected chi connectivity index (χ2v) is 6.39. The van der Waals surface area contributed by atoms with Crippen LogP contribution in [0.25, 0.3) is 5.57 Å². The van der Waals surface area contributed by atoms with Crippen LogP contribution in [0.5, 0.6) is 5.75 Å². The van der Waals surface area contributed by atoms with Gasteiger partial charge in [-0.3, -0.25) is 4.90 Å². The highest BCUT2D eigenvalue weighted by Crippen LogP contribution is 2.50. The van der Waals surface area contributed by atoms with Gasteiger partial charge < -0.3 is 20.1 Å². The Hall–Kier alpha value is -2.93. The third-order valence-electron chi connectivity index (χ3n) is 5.11. The number of anilines is 1. The van der Waals surface area contributed by atoms with Crippen LogP contribution in [-0.2, 0) is 4.74 Å². The van der Waals surface area contributed by atoms with Gasteiger partial charge in [0.15, 0.2) is 0 Å². The number of benzene rings is 1. The number of terminal acetylenes is 2. The Morgan fingerprint density at radius 1 is 1.23 bits per heavy atom. The van der Waals surface area contributed by atoms with Gasteiger partial charge in [-0.05, 0) is 29.3 Å². The number of ether oxygens (including phenoxy) is 1. The van der Waals surface area contributed by atoms with Gasteiger partial charge >= 0.3 is 6.09 Å². The first-order chi connectivity index (χ1) is 12.4. The highest BCUT2D eigenvalue weighted by atomic mass is 16.5. The molecule has 0 saturated carbocycles. The molecule has 0 saturated heterocycles. The Morgan fingerprint density at radius 2 is 1.92 bits per heavy atom. The molecule has 1 aliphatic carbocycles. The van der Waals surface area contributed by atoms with E-state index in [4.69, 9.17) is 17.6 Å². The highest BCUT2D eigenvalue weighted by molar-refractivity contribution is 5.99. The number of phenols is 1. The fourth-order valence-corrected chi connectivity index (χ4v) is 3.87. The fraction of sp³-hybridized carbons (Fsp3) is 0.350. The Morgan fingerprint density at radius 3 is 2.50 bits per heavy atom. The third-order valence-corrected chi connectivity index (χ3v) is 5.11. The lowest BCUT2D eigenvalue weighted by Crippen LogP contribution is -2.52. The standard InChI is InChI=1S/C20H19NO5/c1-5-12-17-13-9-11(22)7-8-15(13)21(20(25)26-4)14(6-2)16(17)10(3)18(23)19(12)24/h1-2,7-10,12,14,18-19,22-24H,3-4H3/t10-,12+,14+,18+,19-/m1/s1. The number of carbonyl (C=O) groups is 1. The van der Waals surface area contributed by atoms with Crippen LogP contribution >= 0.6 is 0 Å². The summed E-state index contributed by atoms with van der Waals surface area (Å²) in [6.07, 6.45) is 8.37. The normalized spacial score (nSPS) is 29.9.